The number of halogens is 1. The van der Waals surface area contributed by atoms with Crippen molar-refractivity contribution >= 4 is 0 Å². The Morgan fingerprint density at radius 2 is 2.00 bits per heavy atom. The van der Waals surface area contributed by atoms with Gasteiger partial charge in [0.2, 0.25) is 0 Å². The minimum Gasteiger partial charge on any atom is -0.325 e. The number of benzene rings is 1. The Balaban J connectivity index is 2.19. The molecule has 2 rings (SSSR count). The lowest BCUT2D eigenvalue weighted by Crippen LogP contribution is -2.48. The number of rotatable bonds is 2. The van der Waals surface area contributed by atoms with Crippen LogP contribution in [0.4, 0.5) is 4.39 Å². The van der Waals surface area contributed by atoms with E-state index in [4.69, 9.17) is 5.73 Å². The summed E-state index contributed by atoms with van der Waals surface area (Å²) in [6, 6.07) is 5.01. The van der Waals surface area contributed by atoms with Crippen molar-refractivity contribution in [2.75, 3.05) is 0 Å². The molecule has 100 valence electrons. The second-order valence-corrected chi connectivity index (χ2v) is 6.80. The number of aryl methyl sites for hydroxylation is 1. The van der Waals surface area contributed by atoms with Gasteiger partial charge in [-0.15, -0.1) is 0 Å². The highest BCUT2D eigenvalue weighted by atomic mass is 19.1. The SMILES string of the molecule is Cc1ccc(F)cc1CC1(N)CCCC(C)(C)C1. The second kappa shape index (κ2) is 4.65. The Labute approximate surface area is 110 Å². The molecule has 2 heteroatoms. The largest absolute Gasteiger partial charge is 0.325 e. The van der Waals surface area contributed by atoms with Gasteiger partial charge in [-0.3, -0.25) is 0 Å². The van der Waals surface area contributed by atoms with Gasteiger partial charge in [0.05, 0.1) is 0 Å². The lowest BCUT2D eigenvalue weighted by molar-refractivity contribution is 0.150. The van der Waals surface area contributed by atoms with Gasteiger partial charge >= 0.3 is 0 Å². The predicted octanol–water partition coefficient (Wildman–Crippen LogP) is 3.97. The molecule has 1 unspecified atom stereocenters. The van der Waals surface area contributed by atoms with Gasteiger partial charge in [0.1, 0.15) is 5.82 Å². The van der Waals surface area contributed by atoms with Crippen LogP contribution in [0.1, 0.15) is 50.7 Å². The third-order valence-corrected chi connectivity index (χ3v) is 4.21. The number of hydrogen-bond donors (Lipinski definition) is 1. The zero-order valence-electron chi connectivity index (χ0n) is 11.7. The molecule has 0 aromatic heterocycles. The summed E-state index contributed by atoms with van der Waals surface area (Å²) in [5.41, 5.74) is 8.92. The number of nitrogens with two attached hydrogens (primary N) is 1. The summed E-state index contributed by atoms with van der Waals surface area (Å²) < 4.78 is 13.3. The Hall–Kier alpha value is -0.890. The summed E-state index contributed by atoms with van der Waals surface area (Å²) in [6.45, 7) is 6.60. The second-order valence-electron chi connectivity index (χ2n) is 6.80. The van der Waals surface area contributed by atoms with Gasteiger partial charge in [-0.2, -0.15) is 0 Å². The van der Waals surface area contributed by atoms with Crippen LogP contribution in [0.15, 0.2) is 18.2 Å². The van der Waals surface area contributed by atoms with Crippen molar-refractivity contribution in [1.82, 2.24) is 0 Å². The molecule has 1 fully saturated rings. The lowest BCUT2D eigenvalue weighted by Gasteiger charge is -2.43. The molecule has 0 amide bonds. The first-order chi connectivity index (χ1) is 8.30. The molecule has 1 aliphatic rings. The van der Waals surface area contributed by atoms with Crippen molar-refractivity contribution in [2.45, 2.75) is 58.4 Å². The van der Waals surface area contributed by atoms with E-state index in [9.17, 15) is 4.39 Å². The van der Waals surface area contributed by atoms with E-state index in [1.54, 1.807) is 6.07 Å². The molecule has 1 aromatic rings. The van der Waals surface area contributed by atoms with Gasteiger partial charge < -0.3 is 5.73 Å². The van der Waals surface area contributed by atoms with E-state index in [1.165, 1.54) is 18.9 Å². The quantitative estimate of drug-likeness (QED) is 0.843. The summed E-state index contributed by atoms with van der Waals surface area (Å²) in [6.07, 6.45) is 5.29. The molecule has 0 bridgehead atoms. The van der Waals surface area contributed by atoms with Gasteiger partial charge in [-0.05, 0) is 61.3 Å². The maximum Gasteiger partial charge on any atom is 0.123 e. The van der Waals surface area contributed by atoms with Crippen LogP contribution in [0.2, 0.25) is 0 Å². The van der Waals surface area contributed by atoms with Crippen molar-refractivity contribution in [2.24, 2.45) is 11.1 Å². The van der Waals surface area contributed by atoms with E-state index < -0.39 is 0 Å². The van der Waals surface area contributed by atoms with E-state index in [-0.39, 0.29) is 11.4 Å². The molecule has 1 atom stereocenters. The summed E-state index contributed by atoms with van der Waals surface area (Å²) >= 11 is 0. The van der Waals surface area contributed by atoms with Gasteiger partial charge in [-0.1, -0.05) is 26.3 Å². The Morgan fingerprint density at radius 3 is 2.67 bits per heavy atom. The van der Waals surface area contributed by atoms with Crippen molar-refractivity contribution in [3.05, 3.63) is 35.1 Å². The normalized spacial score (nSPS) is 27.2. The van der Waals surface area contributed by atoms with Crippen LogP contribution < -0.4 is 5.73 Å². The van der Waals surface area contributed by atoms with Crippen LogP contribution in [0.3, 0.4) is 0 Å². The molecule has 0 saturated heterocycles. The van der Waals surface area contributed by atoms with Crippen LogP contribution in [-0.2, 0) is 6.42 Å². The zero-order valence-corrected chi connectivity index (χ0v) is 11.7. The fourth-order valence-electron chi connectivity index (χ4n) is 3.41. The summed E-state index contributed by atoms with van der Waals surface area (Å²) in [7, 11) is 0. The molecule has 18 heavy (non-hydrogen) atoms. The third-order valence-electron chi connectivity index (χ3n) is 4.21. The molecule has 0 radical (unpaired) electrons. The molecule has 1 aliphatic carbocycles. The standard InChI is InChI=1S/C16H24FN/c1-12-5-6-14(17)9-13(12)10-16(18)8-4-7-15(2,3)11-16/h5-6,9H,4,7-8,10-11,18H2,1-3H3. The van der Waals surface area contributed by atoms with Crippen molar-refractivity contribution in [1.29, 1.82) is 0 Å². The predicted molar refractivity (Wildman–Crippen MR) is 74.0 cm³/mol. The molecule has 1 saturated carbocycles. The molecule has 1 nitrogen and oxygen atoms in total. The first kappa shape index (κ1) is 13.5. The van der Waals surface area contributed by atoms with Crippen LogP contribution in [0.5, 0.6) is 0 Å². The van der Waals surface area contributed by atoms with Gasteiger partial charge in [0.15, 0.2) is 0 Å². The summed E-state index contributed by atoms with van der Waals surface area (Å²) in [4.78, 5) is 0. The van der Waals surface area contributed by atoms with Crippen molar-refractivity contribution < 1.29 is 4.39 Å². The summed E-state index contributed by atoms with van der Waals surface area (Å²) in [5.74, 6) is -0.158. The van der Waals surface area contributed by atoms with Gasteiger partial charge in [0, 0.05) is 5.54 Å². The highest BCUT2D eigenvalue weighted by molar-refractivity contribution is 5.28. The maximum absolute atomic E-state index is 13.3. The highest BCUT2D eigenvalue weighted by Crippen LogP contribution is 2.41. The Morgan fingerprint density at radius 1 is 1.28 bits per heavy atom. The first-order valence-corrected chi connectivity index (χ1v) is 6.84. The van der Waals surface area contributed by atoms with E-state index in [1.807, 2.05) is 13.0 Å². The molecule has 0 spiro atoms. The van der Waals surface area contributed by atoms with Gasteiger partial charge in [-0.25, -0.2) is 4.39 Å². The van der Waals surface area contributed by atoms with Crippen LogP contribution in [0, 0.1) is 18.2 Å². The number of hydrogen-bond acceptors (Lipinski definition) is 1. The zero-order chi connectivity index (χ0) is 13.4. The van der Waals surface area contributed by atoms with E-state index in [0.29, 0.717) is 5.41 Å². The Kier molecular flexibility index (Phi) is 3.50. The van der Waals surface area contributed by atoms with Gasteiger partial charge in [0.25, 0.3) is 0 Å². The first-order valence-electron chi connectivity index (χ1n) is 6.84. The van der Waals surface area contributed by atoms with E-state index in [2.05, 4.69) is 13.8 Å². The third kappa shape index (κ3) is 3.11. The van der Waals surface area contributed by atoms with Crippen molar-refractivity contribution in [3.8, 4) is 0 Å². The minimum absolute atomic E-state index is 0.158. The van der Waals surface area contributed by atoms with E-state index >= 15 is 0 Å². The van der Waals surface area contributed by atoms with E-state index in [0.717, 1.165) is 30.4 Å². The van der Waals surface area contributed by atoms with Crippen LogP contribution >= 0.6 is 0 Å². The molecule has 1 aromatic carbocycles. The Bertz CT molecular complexity index is 439. The molecular weight excluding hydrogens is 225 g/mol. The maximum atomic E-state index is 13.3. The minimum atomic E-state index is -0.166. The highest BCUT2D eigenvalue weighted by Gasteiger charge is 2.37. The average Bonchev–Trinajstić information content (AvgIpc) is 2.21. The molecular formula is C16H24FN. The lowest BCUT2D eigenvalue weighted by atomic mass is 9.66. The van der Waals surface area contributed by atoms with Crippen molar-refractivity contribution in [3.63, 3.8) is 0 Å². The molecule has 2 N–H and O–H groups in total. The fourth-order valence-corrected chi connectivity index (χ4v) is 3.41. The molecule has 0 heterocycles. The van der Waals surface area contributed by atoms with Crippen LogP contribution in [0.25, 0.3) is 0 Å². The smallest absolute Gasteiger partial charge is 0.123 e. The van der Waals surface area contributed by atoms with Crippen LogP contribution in [-0.4, -0.2) is 5.54 Å². The summed E-state index contributed by atoms with van der Waals surface area (Å²) in [5, 5.41) is 0. The average molecular weight is 249 g/mol. The fraction of sp³-hybridized carbons (Fsp3) is 0.625. The monoisotopic (exact) mass is 249 g/mol. The molecule has 0 aliphatic heterocycles. The topological polar surface area (TPSA) is 26.0 Å².